The first kappa shape index (κ1) is 13.2. The summed E-state index contributed by atoms with van der Waals surface area (Å²) in [6, 6.07) is 14.4. The Morgan fingerprint density at radius 3 is 2.44 bits per heavy atom. The van der Waals surface area contributed by atoms with Gasteiger partial charge in [-0.2, -0.15) is 0 Å². The van der Waals surface area contributed by atoms with E-state index in [1.807, 2.05) is 31.2 Å². The molecule has 1 atom stereocenters. The van der Waals surface area contributed by atoms with Gasteiger partial charge < -0.3 is 5.73 Å². The summed E-state index contributed by atoms with van der Waals surface area (Å²) < 4.78 is 13.9. The monoisotopic (exact) mass is 307 g/mol. The van der Waals surface area contributed by atoms with Crippen molar-refractivity contribution < 1.29 is 4.39 Å². The predicted molar refractivity (Wildman–Crippen MR) is 75.8 cm³/mol. The van der Waals surface area contributed by atoms with Crippen LogP contribution in [0.1, 0.15) is 18.1 Å². The Labute approximate surface area is 115 Å². The van der Waals surface area contributed by atoms with Crippen LogP contribution in [0.5, 0.6) is 0 Å². The zero-order valence-corrected chi connectivity index (χ0v) is 11.7. The van der Waals surface area contributed by atoms with Crippen LogP contribution in [0.25, 0.3) is 0 Å². The largest absolute Gasteiger partial charge is 0.321 e. The standard InChI is InChI=1S/C15H15BrFN/c1-15(18,12-3-2-4-13(16)9-12)10-11-5-7-14(17)8-6-11/h2-9H,10,18H2,1H3. The average Bonchev–Trinajstić information content (AvgIpc) is 2.32. The van der Waals surface area contributed by atoms with Gasteiger partial charge in [0.05, 0.1) is 0 Å². The molecule has 2 rings (SSSR count). The van der Waals surface area contributed by atoms with E-state index in [0.29, 0.717) is 6.42 Å². The van der Waals surface area contributed by atoms with E-state index in [4.69, 9.17) is 5.73 Å². The lowest BCUT2D eigenvalue weighted by atomic mass is 9.87. The SMILES string of the molecule is CC(N)(Cc1ccc(F)cc1)c1cccc(Br)c1. The minimum absolute atomic E-state index is 0.222. The van der Waals surface area contributed by atoms with Crippen LogP contribution < -0.4 is 5.73 Å². The van der Waals surface area contributed by atoms with E-state index in [2.05, 4.69) is 15.9 Å². The normalized spacial score (nSPS) is 14.2. The van der Waals surface area contributed by atoms with Gasteiger partial charge >= 0.3 is 0 Å². The van der Waals surface area contributed by atoms with Crippen LogP contribution in [0.4, 0.5) is 4.39 Å². The lowest BCUT2D eigenvalue weighted by Gasteiger charge is -2.25. The fourth-order valence-electron chi connectivity index (χ4n) is 1.97. The van der Waals surface area contributed by atoms with Crippen LogP contribution in [0, 0.1) is 5.82 Å². The molecule has 94 valence electrons. The van der Waals surface area contributed by atoms with Crippen molar-refractivity contribution in [2.75, 3.05) is 0 Å². The molecule has 0 radical (unpaired) electrons. The highest BCUT2D eigenvalue weighted by molar-refractivity contribution is 9.10. The summed E-state index contributed by atoms with van der Waals surface area (Å²) >= 11 is 3.44. The number of nitrogens with two attached hydrogens (primary N) is 1. The molecule has 0 aliphatic carbocycles. The van der Waals surface area contributed by atoms with Gasteiger partial charge in [-0.05, 0) is 48.7 Å². The van der Waals surface area contributed by atoms with E-state index in [1.54, 1.807) is 12.1 Å². The first-order valence-electron chi connectivity index (χ1n) is 5.77. The minimum Gasteiger partial charge on any atom is -0.321 e. The van der Waals surface area contributed by atoms with Crippen molar-refractivity contribution in [3.05, 3.63) is 69.9 Å². The van der Waals surface area contributed by atoms with Gasteiger partial charge in [-0.15, -0.1) is 0 Å². The molecule has 1 nitrogen and oxygen atoms in total. The molecule has 0 spiro atoms. The Hall–Kier alpha value is -1.19. The van der Waals surface area contributed by atoms with Gasteiger partial charge in [0.2, 0.25) is 0 Å². The third kappa shape index (κ3) is 3.18. The van der Waals surface area contributed by atoms with E-state index in [9.17, 15) is 4.39 Å². The van der Waals surface area contributed by atoms with Crippen molar-refractivity contribution in [2.24, 2.45) is 5.73 Å². The summed E-state index contributed by atoms with van der Waals surface area (Å²) in [5.41, 5.74) is 7.98. The molecule has 0 aromatic heterocycles. The minimum atomic E-state index is -0.471. The predicted octanol–water partition coefficient (Wildman–Crippen LogP) is 4.00. The fraction of sp³-hybridized carbons (Fsp3) is 0.200. The smallest absolute Gasteiger partial charge is 0.123 e. The molecule has 0 aliphatic rings. The molecule has 3 heteroatoms. The van der Waals surface area contributed by atoms with Crippen molar-refractivity contribution in [2.45, 2.75) is 18.9 Å². The van der Waals surface area contributed by atoms with E-state index < -0.39 is 5.54 Å². The molecule has 0 saturated heterocycles. The van der Waals surface area contributed by atoms with Crippen LogP contribution >= 0.6 is 15.9 Å². The summed E-state index contributed by atoms with van der Waals surface area (Å²) in [6.07, 6.45) is 0.670. The summed E-state index contributed by atoms with van der Waals surface area (Å²) in [5.74, 6) is -0.222. The Morgan fingerprint density at radius 1 is 1.17 bits per heavy atom. The summed E-state index contributed by atoms with van der Waals surface area (Å²) in [4.78, 5) is 0. The molecule has 2 aromatic carbocycles. The Bertz CT molecular complexity index is 534. The first-order valence-corrected chi connectivity index (χ1v) is 6.56. The van der Waals surface area contributed by atoms with Gasteiger partial charge in [0.15, 0.2) is 0 Å². The molecule has 18 heavy (non-hydrogen) atoms. The number of halogens is 2. The first-order chi connectivity index (χ1) is 8.47. The summed E-state index contributed by atoms with van der Waals surface area (Å²) in [6.45, 7) is 1.98. The van der Waals surface area contributed by atoms with Gasteiger partial charge in [-0.25, -0.2) is 4.39 Å². The molecular weight excluding hydrogens is 293 g/mol. The molecule has 2 aromatic rings. The van der Waals surface area contributed by atoms with Gasteiger partial charge in [0.1, 0.15) is 5.82 Å². The van der Waals surface area contributed by atoms with Crippen LogP contribution in [0.2, 0.25) is 0 Å². The van der Waals surface area contributed by atoms with Crippen molar-refractivity contribution in [3.63, 3.8) is 0 Å². The zero-order chi connectivity index (χ0) is 13.2. The van der Waals surface area contributed by atoms with Crippen LogP contribution in [-0.2, 0) is 12.0 Å². The third-order valence-electron chi connectivity index (χ3n) is 2.97. The topological polar surface area (TPSA) is 26.0 Å². The molecule has 1 unspecified atom stereocenters. The molecular formula is C15H15BrFN. The van der Waals surface area contributed by atoms with Crippen LogP contribution in [0.15, 0.2) is 53.0 Å². The molecule has 0 amide bonds. The van der Waals surface area contributed by atoms with E-state index in [-0.39, 0.29) is 5.82 Å². The number of benzene rings is 2. The molecule has 2 N–H and O–H groups in total. The van der Waals surface area contributed by atoms with Gasteiger partial charge in [0.25, 0.3) is 0 Å². The maximum absolute atomic E-state index is 12.9. The molecule has 0 saturated carbocycles. The van der Waals surface area contributed by atoms with Crippen LogP contribution in [-0.4, -0.2) is 0 Å². The Morgan fingerprint density at radius 2 is 1.83 bits per heavy atom. The second kappa shape index (κ2) is 5.21. The van der Waals surface area contributed by atoms with Crippen molar-refractivity contribution in [1.29, 1.82) is 0 Å². The number of hydrogen-bond donors (Lipinski definition) is 1. The highest BCUT2D eigenvalue weighted by Gasteiger charge is 2.21. The van der Waals surface area contributed by atoms with Crippen molar-refractivity contribution in [1.82, 2.24) is 0 Å². The lowest BCUT2D eigenvalue weighted by Crippen LogP contribution is -2.35. The van der Waals surface area contributed by atoms with Crippen molar-refractivity contribution >= 4 is 15.9 Å². The van der Waals surface area contributed by atoms with Gasteiger partial charge in [0, 0.05) is 10.0 Å². The third-order valence-corrected chi connectivity index (χ3v) is 3.46. The molecule has 0 heterocycles. The van der Waals surface area contributed by atoms with Crippen LogP contribution in [0.3, 0.4) is 0 Å². The number of hydrogen-bond acceptors (Lipinski definition) is 1. The van der Waals surface area contributed by atoms with E-state index in [0.717, 1.165) is 15.6 Å². The highest BCUT2D eigenvalue weighted by atomic mass is 79.9. The van der Waals surface area contributed by atoms with Gasteiger partial charge in [-0.3, -0.25) is 0 Å². The fourth-order valence-corrected chi connectivity index (χ4v) is 2.37. The maximum Gasteiger partial charge on any atom is 0.123 e. The molecule has 0 aliphatic heterocycles. The zero-order valence-electron chi connectivity index (χ0n) is 10.2. The van der Waals surface area contributed by atoms with Crippen molar-refractivity contribution in [3.8, 4) is 0 Å². The second-order valence-corrected chi connectivity index (χ2v) is 5.65. The number of rotatable bonds is 3. The molecule has 0 bridgehead atoms. The Balaban J connectivity index is 2.23. The average molecular weight is 308 g/mol. The van der Waals surface area contributed by atoms with E-state index >= 15 is 0 Å². The summed E-state index contributed by atoms with van der Waals surface area (Å²) in [5, 5.41) is 0. The maximum atomic E-state index is 12.9. The van der Waals surface area contributed by atoms with E-state index in [1.165, 1.54) is 12.1 Å². The van der Waals surface area contributed by atoms with Gasteiger partial charge in [-0.1, -0.05) is 40.2 Å². The highest BCUT2D eigenvalue weighted by Crippen LogP contribution is 2.25. The lowest BCUT2D eigenvalue weighted by molar-refractivity contribution is 0.490. The quantitative estimate of drug-likeness (QED) is 0.911. The Kier molecular flexibility index (Phi) is 3.83. The summed E-state index contributed by atoms with van der Waals surface area (Å²) in [7, 11) is 0. The molecule has 0 fully saturated rings. The second-order valence-electron chi connectivity index (χ2n) is 4.73.